The van der Waals surface area contributed by atoms with Crippen LogP contribution in [0.3, 0.4) is 0 Å². The van der Waals surface area contributed by atoms with Gasteiger partial charge in [-0.2, -0.15) is 0 Å². The Bertz CT molecular complexity index is 1500. The molecule has 35 heavy (non-hydrogen) atoms. The van der Waals surface area contributed by atoms with Crippen molar-refractivity contribution in [1.29, 1.82) is 0 Å². The Morgan fingerprint density at radius 2 is 1.51 bits per heavy atom. The number of Topliss-reactive ketones (excluding diaryl/α,β-unsaturated/α-hetero) is 2. The molecule has 1 aliphatic rings. The number of nitrogens with zero attached hydrogens (tertiary/aromatic N) is 3. The Morgan fingerprint density at radius 3 is 2.11 bits per heavy atom. The van der Waals surface area contributed by atoms with Crippen LogP contribution in [0, 0.1) is 0 Å². The topological polar surface area (TPSA) is 62.1 Å². The number of aliphatic imine (C=N–C) groups is 2. The molecule has 1 aliphatic carbocycles. The van der Waals surface area contributed by atoms with E-state index in [0.717, 1.165) is 26.3 Å². The predicted molar refractivity (Wildman–Crippen MR) is 145 cm³/mol. The van der Waals surface area contributed by atoms with Crippen LogP contribution in [-0.2, 0) is 0 Å². The third kappa shape index (κ3) is 4.16. The second-order valence-corrected chi connectivity index (χ2v) is 8.97. The van der Waals surface area contributed by atoms with Gasteiger partial charge >= 0.3 is 0 Å². The molecule has 0 fully saturated rings. The summed E-state index contributed by atoms with van der Waals surface area (Å²) in [5, 5.41) is 2.71. The number of carbonyl (C=O) groups is 2. The first-order valence-corrected chi connectivity index (χ1v) is 11.9. The predicted octanol–water partition coefficient (Wildman–Crippen LogP) is 7.09. The van der Waals surface area contributed by atoms with Crippen LogP contribution in [0.4, 0.5) is 10.7 Å². The Kier molecular flexibility index (Phi) is 6.04. The molecule has 0 radical (unpaired) electrons. The molecule has 0 spiro atoms. The first kappa shape index (κ1) is 22.4. The summed E-state index contributed by atoms with van der Waals surface area (Å²) in [5.74, 6) is -0.0649. The van der Waals surface area contributed by atoms with Gasteiger partial charge in [0.2, 0.25) is 5.96 Å². The average Bonchev–Trinajstić information content (AvgIpc) is 3.44. The summed E-state index contributed by atoms with van der Waals surface area (Å²) in [6.45, 7) is 5.57. The third-order valence-electron chi connectivity index (χ3n) is 5.68. The minimum atomic E-state index is -0.242. The van der Waals surface area contributed by atoms with Crippen LogP contribution in [0.25, 0.3) is 16.8 Å². The molecular weight excluding hydrogens is 454 g/mol. The van der Waals surface area contributed by atoms with Gasteiger partial charge in [-0.1, -0.05) is 48.5 Å². The Labute approximate surface area is 207 Å². The molecule has 6 heteroatoms. The van der Waals surface area contributed by atoms with E-state index in [-0.39, 0.29) is 17.1 Å². The number of hydrogen-bond acceptors (Lipinski definition) is 4. The lowest BCUT2D eigenvalue weighted by Gasteiger charge is -2.21. The maximum atomic E-state index is 13.1. The van der Waals surface area contributed by atoms with Gasteiger partial charge in [0.05, 0.1) is 5.57 Å². The molecular formula is C29H21N3O2S. The van der Waals surface area contributed by atoms with Crippen molar-refractivity contribution in [2.24, 2.45) is 9.98 Å². The quantitative estimate of drug-likeness (QED) is 0.137. The van der Waals surface area contributed by atoms with Crippen LogP contribution in [0.2, 0.25) is 0 Å². The van der Waals surface area contributed by atoms with E-state index in [1.807, 2.05) is 96.8 Å². The highest BCUT2D eigenvalue weighted by molar-refractivity contribution is 7.17. The van der Waals surface area contributed by atoms with Gasteiger partial charge < -0.3 is 0 Å². The number of anilines is 2. The zero-order valence-corrected chi connectivity index (χ0v) is 19.8. The first-order valence-electron chi connectivity index (χ1n) is 11.1. The molecule has 0 atom stereocenters. The first-order chi connectivity index (χ1) is 17.1. The monoisotopic (exact) mass is 475 g/mol. The van der Waals surface area contributed by atoms with Gasteiger partial charge in [-0.05, 0) is 66.9 Å². The minimum Gasteiger partial charge on any atom is -0.288 e. The number of guanidine groups is 1. The molecule has 0 saturated carbocycles. The number of benzene rings is 3. The molecule has 0 saturated heterocycles. The summed E-state index contributed by atoms with van der Waals surface area (Å²) in [6.07, 6.45) is 5.15. The van der Waals surface area contributed by atoms with Crippen LogP contribution in [-0.4, -0.2) is 24.2 Å². The lowest BCUT2D eigenvalue weighted by Crippen LogP contribution is -2.22. The van der Waals surface area contributed by atoms with Crippen molar-refractivity contribution in [3.8, 4) is 0 Å². The maximum Gasteiger partial charge on any atom is 0.234 e. The average molecular weight is 476 g/mol. The Morgan fingerprint density at radius 1 is 0.886 bits per heavy atom. The molecule has 4 aromatic rings. The second-order valence-electron chi connectivity index (χ2n) is 7.88. The van der Waals surface area contributed by atoms with Crippen LogP contribution in [0.15, 0.2) is 107 Å². The van der Waals surface area contributed by atoms with E-state index >= 15 is 0 Å². The molecule has 0 aliphatic heterocycles. The SMILES string of the molecule is C=N/C(=N\C=C/C)N(c1ccccc1)c1ccc(C=C2C(=O)c3cc4ccccc4cc3C2=O)s1. The molecule has 0 unspecified atom stereocenters. The lowest BCUT2D eigenvalue weighted by atomic mass is 10.0. The van der Waals surface area contributed by atoms with Crippen LogP contribution in [0.1, 0.15) is 32.5 Å². The number of hydrogen-bond donors (Lipinski definition) is 0. The molecule has 0 N–H and O–H groups in total. The number of para-hydroxylation sites is 1. The van der Waals surface area contributed by atoms with Crippen molar-refractivity contribution in [2.45, 2.75) is 6.92 Å². The number of carbonyl (C=O) groups excluding carboxylic acids is 2. The molecule has 0 amide bonds. The summed E-state index contributed by atoms with van der Waals surface area (Å²) in [5.41, 5.74) is 1.97. The zero-order valence-electron chi connectivity index (χ0n) is 19.0. The van der Waals surface area contributed by atoms with E-state index in [1.165, 1.54) is 11.3 Å². The highest BCUT2D eigenvalue weighted by Gasteiger charge is 2.33. The minimum absolute atomic E-state index is 0.180. The largest absolute Gasteiger partial charge is 0.288 e. The summed E-state index contributed by atoms with van der Waals surface area (Å²) in [4.78, 5) is 37.5. The number of thiophene rings is 1. The molecule has 5 nitrogen and oxygen atoms in total. The number of rotatable bonds is 4. The van der Waals surface area contributed by atoms with Crippen molar-refractivity contribution in [1.82, 2.24) is 0 Å². The lowest BCUT2D eigenvalue weighted by molar-refractivity contribution is 0.0990. The molecule has 0 bridgehead atoms. The van der Waals surface area contributed by atoms with Crippen molar-refractivity contribution in [3.05, 3.63) is 113 Å². The number of fused-ring (bicyclic) bond motifs is 2. The van der Waals surface area contributed by atoms with Gasteiger partial charge in [-0.25, -0.2) is 9.98 Å². The van der Waals surface area contributed by atoms with Gasteiger partial charge in [0.15, 0.2) is 11.6 Å². The normalized spacial score (nSPS) is 13.5. The van der Waals surface area contributed by atoms with Crippen LogP contribution >= 0.6 is 11.3 Å². The summed E-state index contributed by atoms with van der Waals surface area (Å²) >= 11 is 1.44. The van der Waals surface area contributed by atoms with E-state index in [9.17, 15) is 9.59 Å². The molecule has 170 valence electrons. The number of ketones is 2. The van der Waals surface area contributed by atoms with E-state index in [2.05, 4.69) is 16.7 Å². The molecule has 1 heterocycles. The van der Waals surface area contributed by atoms with Gasteiger partial charge in [-0.15, -0.1) is 11.3 Å². The van der Waals surface area contributed by atoms with Crippen molar-refractivity contribution in [2.75, 3.05) is 4.90 Å². The molecule has 3 aromatic carbocycles. The van der Waals surface area contributed by atoms with Crippen molar-refractivity contribution >= 4 is 63.1 Å². The van der Waals surface area contributed by atoms with Crippen LogP contribution in [0.5, 0.6) is 0 Å². The second kappa shape index (κ2) is 9.44. The fourth-order valence-electron chi connectivity index (χ4n) is 4.05. The van der Waals surface area contributed by atoms with E-state index in [0.29, 0.717) is 17.1 Å². The Hall–Kier alpha value is -4.42. The third-order valence-corrected chi connectivity index (χ3v) is 6.70. The smallest absolute Gasteiger partial charge is 0.234 e. The standard InChI is InChI=1S/C29H21N3O2S/c1-3-15-31-29(30-2)32(21-11-5-4-6-12-21)26-14-13-22(35-26)18-25-27(33)23-16-19-9-7-8-10-20(19)17-24(23)28(25)34/h3-18H,2H2,1H3/b15-3-,31-29+. The molecule has 1 aromatic heterocycles. The fourth-order valence-corrected chi connectivity index (χ4v) is 5.02. The highest BCUT2D eigenvalue weighted by atomic mass is 32.1. The zero-order chi connectivity index (χ0) is 24.4. The van der Waals surface area contributed by atoms with Gasteiger partial charge in [0, 0.05) is 27.9 Å². The summed E-state index contributed by atoms with van der Waals surface area (Å²) < 4.78 is 0. The van der Waals surface area contributed by atoms with Crippen molar-refractivity contribution < 1.29 is 9.59 Å². The maximum absolute atomic E-state index is 13.1. The van der Waals surface area contributed by atoms with E-state index in [1.54, 1.807) is 12.3 Å². The number of allylic oxidation sites excluding steroid dienone is 2. The van der Waals surface area contributed by atoms with Crippen molar-refractivity contribution in [3.63, 3.8) is 0 Å². The van der Waals surface area contributed by atoms with Gasteiger partial charge in [-0.3, -0.25) is 14.5 Å². The fraction of sp³-hybridized carbons (Fsp3) is 0.0345. The van der Waals surface area contributed by atoms with Crippen LogP contribution < -0.4 is 4.90 Å². The van der Waals surface area contributed by atoms with E-state index < -0.39 is 0 Å². The Balaban J connectivity index is 1.54. The van der Waals surface area contributed by atoms with Gasteiger partial charge in [0.25, 0.3) is 0 Å². The summed E-state index contributed by atoms with van der Waals surface area (Å²) in [7, 11) is 0. The molecule has 5 rings (SSSR count). The highest BCUT2D eigenvalue weighted by Crippen LogP contribution is 2.36. The van der Waals surface area contributed by atoms with Gasteiger partial charge in [0.1, 0.15) is 5.00 Å². The summed E-state index contributed by atoms with van der Waals surface area (Å²) in [6, 6.07) is 24.9. The van der Waals surface area contributed by atoms with E-state index in [4.69, 9.17) is 0 Å².